The molecule has 0 bridgehead atoms. The van der Waals surface area contributed by atoms with Crippen molar-refractivity contribution in [2.24, 2.45) is 0 Å². The zero-order valence-corrected chi connectivity index (χ0v) is 14.3. The number of methoxy groups -OCH3 is 1. The molecule has 0 aliphatic rings. The maximum atomic E-state index is 11.2. The number of rotatable bonds is 9. The van der Waals surface area contributed by atoms with E-state index in [4.69, 9.17) is 21.1 Å². The van der Waals surface area contributed by atoms with E-state index < -0.39 is 5.69 Å². The van der Waals surface area contributed by atoms with E-state index in [1.54, 1.807) is 19.2 Å². The van der Waals surface area contributed by atoms with Gasteiger partial charge < -0.3 is 14.5 Å². The van der Waals surface area contributed by atoms with Crippen LogP contribution in [0.4, 0.5) is 0 Å². The standard InChI is InChI=1S/C17H21ClN2O4/c1-23-13-7-8-15(14(18)11-13)24-9-5-3-2-4-6-12-10-16(21)20-17(22)19-12/h7-8,10-11H,2-6,9H2,1H3,(H2,19,20,21,22). The number of hydrogen-bond acceptors (Lipinski definition) is 4. The summed E-state index contributed by atoms with van der Waals surface area (Å²) >= 11 is 6.10. The van der Waals surface area contributed by atoms with Crippen molar-refractivity contribution in [3.8, 4) is 11.5 Å². The molecule has 1 aromatic heterocycles. The van der Waals surface area contributed by atoms with E-state index in [1.165, 1.54) is 6.07 Å². The molecule has 2 rings (SSSR count). The highest BCUT2D eigenvalue weighted by Gasteiger charge is 2.03. The Balaban J connectivity index is 1.63. The van der Waals surface area contributed by atoms with Crippen molar-refractivity contribution in [1.82, 2.24) is 9.97 Å². The van der Waals surface area contributed by atoms with Gasteiger partial charge in [-0.05, 0) is 31.4 Å². The molecule has 0 radical (unpaired) electrons. The summed E-state index contributed by atoms with van der Waals surface area (Å²) in [6.07, 6.45) is 4.50. The lowest BCUT2D eigenvalue weighted by atomic mass is 10.1. The third-order valence-corrected chi connectivity index (χ3v) is 3.85. The SMILES string of the molecule is COc1ccc(OCCCCCCc2cc(=O)[nH]c(=O)[nH]2)c(Cl)c1. The van der Waals surface area contributed by atoms with Crippen LogP contribution >= 0.6 is 11.6 Å². The molecule has 0 aliphatic carbocycles. The summed E-state index contributed by atoms with van der Waals surface area (Å²) < 4.78 is 10.7. The first kappa shape index (κ1) is 18.1. The number of aromatic amines is 2. The van der Waals surface area contributed by atoms with E-state index >= 15 is 0 Å². The number of unbranched alkanes of at least 4 members (excludes halogenated alkanes) is 3. The highest BCUT2D eigenvalue weighted by molar-refractivity contribution is 6.32. The molecule has 0 amide bonds. The van der Waals surface area contributed by atoms with Crippen LogP contribution in [0.2, 0.25) is 5.02 Å². The highest BCUT2D eigenvalue weighted by atomic mass is 35.5. The Kier molecular flexibility index (Phi) is 6.93. The summed E-state index contributed by atoms with van der Waals surface area (Å²) in [7, 11) is 1.59. The lowest BCUT2D eigenvalue weighted by molar-refractivity contribution is 0.304. The molecule has 0 saturated carbocycles. The van der Waals surface area contributed by atoms with Gasteiger partial charge in [0.15, 0.2) is 0 Å². The fourth-order valence-corrected chi connectivity index (χ4v) is 2.56. The Bertz CT molecular complexity index is 741. The largest absolute Gasteiger partial charge is 0.497 e. The second-order valence-electron chi connectivity index (χ2n) is 5.42. The Hall–Kier alpha value is -2.21. The fourth-order valence-electron chi connectivity index (χ4n) is 2.33. The summed E-state index contributed by atoms with van der Waals surface area (Å²) in [5.41, 5.74) is -0.147. The lowest BCUT2D eigenvalue weighted by Crippen LogP contribution is -2.22. The van der Waals surface area contributed by atoms with Gasteiger partial charge in [-0.2, -0.15) is 0 Å². The van der Waals surface area contributed by atoms with Crippen molar-refractivity contribution in [3.63, 3.8) is 0 Å². The number of halogens is 1. The maximum absolute atomic E-state index is 11.2. The van der Waals surface area contributed by atoms with Crippen molar-refractivity contribution < 1.29 is 9.47 Å². The molecule has 0 spiro atoms. The number of nitrogens with one attached hydrogen (secondary N) is 2. The Morgan fingerprint density at radius 2 is 1.83 bits per heavy atom. The molecule has 2 aromatic rings. The molecular formula is C17H21ClN2O4. The second-order valence-corrected chi connectivity index (χ2v) is 5.83. The molecule has 1 aromatic carbocycles. The lowest BCUT2D eigenvalue weighted by Gasteiger charge is -2.09. The number of H-pyrrole nitrogens is 2. The minimum Gasteiger partial charge on any atom is -0.497 e. The average molecular weight is 353 g/mol. The predicted molar refractivity (Wildman–Crippen MR) is 93.4 cm³/mol. The summed E-state index contributed by atoms with van der Waals surface area (Å²) in [6.45, 7) is 0.591. The van der Waals surface area contributed by atoms with Gasteiger partial charge in [0.25, 0.3) is 5.56 Å². The van der Waals surface area contributed by atoms with E-state index in [0.717, 1.165) is 25.7 Å². The number of aryl methyl sites for hydroxylation is 1. The first-order valence-corrected chi connectivity index (χ1v) is 8.25. The third kappa shape index (κ3) is 5.77. The number of hydrogen-bond donors (Lipinski definition) is 2. The third-order valence-electron chi connectivity index (χ3n) is 3.55. The summed E-state index contributed by atoms with van der Waals surface area (Å²) in [6, 6.07) is 6.75. The fraction of sp³-hybridized carbons (Fsp3) is 0.412. The normalized spacial score (nSPS) is 10.6. The van der Waals surface area contributed by atoms with Gasteiger partial charge in [-0.25, -0.2) is 4.79 Å². The van der Waals surface area contributed by atoms with Crippen LogP contribution in [0.15, 0.2) is 33.9 Å². The van der Waals surface area contributed by atoms with Gasteiger partial charge in [0.1, 0.15) is 11.5 Å². The quantitative estimate of drug-likeness (QED) is 0.679. The van der Waals surface area contributed by atoms with Crippen molar-refractivity contribution in [3.05, 3.63) is 55.8 Å². The molecule has 0 atom stereocenters. The number of aromatic nitrogens is 2. The molecule has 6 nitrogen and oxygen atoms in total. The first-order valence-electron chi connectivity index (χ1n) is 7.87. The maximum Gasteiger partial charge on any atom is 0.325 e. The van der Waals surface area contributed by atoms with Crippen LogP contribution in [0.5, 0.6) is 11.5 Å². The van der Waals surface area contributed by atoms with Gasteiger partial charge in [0, 0.05) is 17.8 Å². The molecule has 1 heterocycles. The Morgan fingerprint density at radius 3 is 2.54 bits per heavy atom. The average Bonchev–Trinajstić information content (AvgIpc) is 2.54. The van der Waals surface area contributed by atoms with Crippen molar-refractivity contribution in [2.45, 2.75) is 32.1 Å². The van der Waals surface area contributed by atoms with Crippen LogP contribution in [-0.4, -0.2) is 23.7 Å². The first-order chi connectivity index (χ1) is 11.6. The summed E-state index contributed by atoms with van der Waals surface area (Å²) in [4.78, 5) is 27.1. The Labute approximate surface area is 144 Å². The van der Waals surface area contributed by atoms with Gasteiger partial charge in [-0.15, -0.1) is 0 Å². The highest BCUT2D eigenvalue weighted by Crippen LogP contribution is 2.28. The summed E-state index contributed by atoms with van der Waals surface area (Å²) in [5, 5.41) is 0.535. The van der Waals surface area contributed by atoms with Gasteiger partial charge >= 0.3 is 5.69 Å². The molecule has 0 saturated heterocycles. The molecule has 2 N–H and O–H groups in total. The van der Waals surface area contributed by atoms with E-state index in [9.17, 15) is 9.59 Å². The molecule has 0 unspecified atom stereocenters. The molecule has 0 aliphatic heterocycles. The van der Waals surface area contributed by atoms with Crippen LogP contribution in [0.1, 0.15) is 31.4 Å². The van der Waals surface area contributed by atoms with E-state index in [0.29, 0.717) is 35.2 Å². The van der Waals surface area contributed by atoms with E-state index in [-0.39, 0.29) is 5.56 Å². The van der Waals surface area contributed by atoms with Crippen molar-refractivity contribution in [1.29, 1.82) is 0 Å². The number of ether oxygens (including phenoxy) is 2. The minimum absolute atomic E-state index is 0.362. The smallest absolute Gasteiger partial charge is 0.325 e. The van der Waals surface area contributed by atoms with E-state index in [2.05, 4.69) is 9.97 Å². The van der Waals surface area contributed by atoms with Crippen LogP contribution in [0.3, 0.4) is 0 Å². The van der Waals surface area contributed by atoms with E-state index in [1.807, 2.05) is 6.07 Å². The van der Waals surface area contributed by atoms with Crippen LogP contribution < -0.4 is 20.7 Å². The van der Waals surface area contributed by atoms with Crippen LogP contribution in [0, 0.1) is 0 Å². The molecule has 24 heavy (non-hydrogen) atoms. The minimum atomic E-state index is -0.456. The zero-order chi connectivity index (χ0) is 17.4. The van der Waals surface area contributed by atoms with Gasteiger partial charge in [0.2, 0.25) is 0 Å². The van der Waals surface area contributed by atoms with Gasteiger partial charge in [-0.3, -0.25) is 9.78 Å². The zero-order valence-electron chi connectivity index (χ0n) is 13.6. The molecule has 130 valence electrons. The predicted octanol–water partition coefficient (Wildman–Crippen LogP) is 2.91. The van der Waals surface area contributed by atoms with Crippen LogP contribution in [0.25, 0.3) is 0 Å². The second kappa shape index (κ2) is 9.17. The topological polar surface area (TPSA) is 84.2 Å². The molecular weight excluding hydrogens is 332 g/mol. The monoisotopic (exact) mass is 352 g/mol. The summed E-state index contributed by atoms with van der Waals surface area (Å²) in [5.74, 6) is 1.35. The van der Waals surface area contributed by atoms with Gasteiger partial charge in [0.05, 0.1) is 18.7 Å². The number of benzene rings is 1. The molecule has 0 fully saturated rings. The van der Waals surface area contributed by atoms with Crippen LogP contribution in [-0.2, 0) is 6.42 Å². The van der Waals surface area contributed by atoms with Crippen molar-refractivity contribution in [2.75, 3.05) is 13.7 Å². The van der Waals surface area contributed by atoms with Gasteiger partial charge in [-0.1, -0.05) is 24.4 Å². The molecule has 7 heteroatoms. The Morgan fingerprint density at radius 1 is 1.04 bits per heavy atom. The van der Waals surface area contributed by atoms with Crippen molar-refractivity contribution >= 4 is 11.6 Å².